The number of esters is 1. The molecule has 1 aromatic carbocycles. The average Bonchev–Trinajstić information content (AvgIpc) is 2.30. The molecule has 0 saturated heterocycles. The minimum Gasteiger partial charge on any atom is -0.462 e. The maximum atomic E-state index is 11.4. The molecule has 0 heterocycles. The Bertz CT molecular complexity index is 398. The Morgan fingerprint density at radius 1 is 1.38 bits per heavy atom. The van der Waals surface area contributed by atoms with Crippen LogP contribution in [-0.4, -0.2) is 17.9 Å². The van der Waals surface area contributed by atoms with Gasteiger partial charge in [0, 0.05) is 17.3 Å². The summed E-state index contributed by atoms with van der Waals surface area (Å²) in [7, 11) is 0. The lowest BCUT2D eigenvalue weighted by Gasteiger charge is -2.00. The lowest BCUT2D eigenvalue weighted by molar-refractivity contribution is 0.0526. The second-order valence-corrected chi connectivity index (χ2v) is 3.83. The van der Waals surface area contributed by atoms with Gasteiger partial charge in [0.2, 0.25) is 0 Å². The van der Waals surface area contributed by atoms with E-state index in [-0.39, 0.29) is 5.97 Å². The molecule has 2 nitrogen and oxygen atoms in total. The quantitative estimate of drug-likeness (QED) is 0.483. The van der Waals surface area contributed by atoms with E-state index < -0.39 is 0 Å². The third-order valence-corrected chi connectivity index (χ3v) is 2.24. The highest BCUT2D eigenvalue weighted by atomic mass is 79.9. The second kappa shape index (κ2) is 7.08. The monoisotopic (exact) mass is 280 g/mol. The number of ether oxygens (including phenoxy) is 1. The van der Waals surface area contributed by atoms with Crippen molar-refractivity contribution in [1.29, 1.82) is 0 Å². The van der Waals surface area contributed by atoms with E-state index in [1.165, 1.54) is 0 Å². The van der Waals surface area contributed by atoms with E-state index in [4.69, 9.17) is 4.74 Å². The molecular formula is C13H13BrO2. The number of rotatable bonds is 3. The van der Waals surface area contributed by atoms with Crippen LogP contribution >= 0.6 is 15.9 Å². The maximum absolute atomic E-state index is 11.4. The van der Waals surface area contributed by atoms with Gasteiger partial charge in [-0.2, -0.15) is 0 Å². The summed E-state index contributed by atoms with van der Waals surface area (Å²) < 4.78 is 4.89. The number of halogens is 1. The summed E-state index contributed by atoms with van der Waals surface area (Å²) in [4.78, 5) is 11.4. The topological polar surface area (TPSA) is 26.3 Å². The third kappa shape index (κ3) is 4.08. The molecular weight excluding hydrogens is 268 g/mol. The molecule has 0 spiro atoms. The van der Waals surface area contributed by atoms with Crippen LogP contribution in [0.15, 0.2) is 24.3 Å². The Hall–Kier alpha value is -1.27. The SMILES string of the molecule is CCOC(=O)c1ccc(C#CCCBr)cc1. The molecule has 0 radical (unpaired) electrons. The Kier molecular flexibility index (Phi) is 5.66. The molecule has 0 unspecified atom stereocenters. The van der Waals surface area contributed by atoms with Crippen LogP contribution in [0.25, 0.3) is 0 Å². The van der Waals surface area contributed by atoms with E-state index in [2.05, 4.69) is 27.8 Å². The fraction of sp³-hybridized carbons (Fsp3) is 0.308. The van der Waals surface area contributed by atoms with Crippen molar-refractivity contribution < 1.29 is 9.53 Å². The zero-order valence-electron chi connectivity index (χ0n) is 9.13. The van der Waals surface area contributed by atoms with Gasteiger partial charge in [-0.1, -0.05) is 27.8 Å². The second-order valence-electron chi connectivity index (χ2n) is 3.04. The molecule has 1 aromatic rings. The summed E-state index contributed by atoms with van der Waals surface area (Å²) in [5, 5.41) is 0.876. The lowest BCUT2D eigenvalue weighted by atomic mass is 10.1. The van der Waals surface area contributed by atoms with Crippen molar-refractivity contribution in [3.05, 3.63) is 35.4 Å². The smallest absolute Gasteiger partial charge is 0.338 e. The lowest BCUT2D eigenvalue weighted by Crippen LogP contribution is -2.04. The van der Waals surface area contributed by atoms with Crippen LogP contribution in [0.5, 0.6) is 0 Å². The van der Waals surface area contributed by atoms with E-state index in [9.17, 15) is 4.79 Å². The van der Waals surface area contributed by atoms with Gasteiger partial charge in [-0.15, -0.1) is 0 Å². The molecule has 0 aliphatic carbocycles. The van der Waals surface area contributed by atoms with Gasteiger partial charge in [-0.05, 0) is 31.2 Å². The molecule has 0 bridgehead atoms. The van der Waals surface area contributed by atoms with Crippen LogP contribution in [0.2, 0.25) is 0 Å². The Morgan fingerprint density at radius 3 is 2.62 bits per heavy atom. The fourth-order valence-corrected chi connectivity index (χ4v) is 1.31. The van der Waals surface area contributed by atoms with Crippen LogP contribution in [0.4, 0.5) is 0 Å². The van der Waals surface area contributed by atoms with Crippen molar-refractivity contribution in [2.75, 3.05) is 11.9 Å². The van der Waals surface area contributed by atoms with Gasteiger partial charge >= 0.3 is 5.97 Å². The first-order valence-electron chi connectivity index (χ1n) is 5.10. The molecule has 0 fully saturated rings. The number of hydrogen-bond donors (Lipinski definition) is 0. The van der Waals surface area contributed by atoms with Crippen molar-refractivity contribution >= 4 is 21.9 Å². The zero-order chi connectivity index (χ0) is 11.8. The molecule has 84 valence electrons. The summed E-state index contributed by atoms with van der Waals surface area (Å²) in [6, 6.07) is 7.12. The van der Waals surface area contributed by atoms with Crippen LogP contribution in [-0.2, 0) is 4.74 Å². The highest BCUT2D eigenvalue weighted by Crippen LogP contribution is 2.05. The average molecular weight is 281 g/mol. The first-order valence-corrected chi connectivity index (χ1v) is 6.22. The van der Waals surface area contributed by atoms with Crippen LogP contribution in [0.1, 0.15) is 29.3 Å². The van der Waals surface area contributed by atoms with E-state index in [1.807, 2.05) is 12.1 Å². The van der Waals surface area contributed by atoms with Crippen molar-refractivity contribution in [3.8, 4) is 11.8 Å². The summed E-state index contributed by atoms with van der Waals surface area (Å²) in [6.07, 6.45) is 0.819. The number of carbonyl (C=O) groups excluding carboxylic acids is 1. The fourth-order valence-electron chi connectivity index (χ4n) is 1.12. The van der Waals surface area contributed by atoms with Crippen molar-refractivity contribution in [1.82, 2.24) is 0 Å². The third-order valence-electron chi connectivity index (χ3n) is 1.85. The van der Waals surface area contributed by atoms with Gasteiger partial charge in [0.25, 0.3) is 0 Å². The van der Waals surface area contributed by atoms with Gasteiger partial charge in [0.15, 0.2) is 0 Å². The molecule has 0 amide bonds. The normalized spacial score (nSPS) is 9.12. The molecule has 0 aliphatic heterocycles. The van der Waals surface area contributed by atoms with E-state index in [0.29, 0.717) is 12.2 Å². The van der Waals surface area contributed by atoms with Gasteiger partial charge in [0.1, 0.15) is 0 Å². The molecule has 0 atom stereocenters. The van der Waals surface area contributed by atoms with Crippen LogP contribution in [0.3, 0.4) is 0 Å². The standard InChI is InChI=1S/C13H13BrO2/c1-2-16-13(15)12-8-6-11(7-9-12)5-3-4-10-14/h6-9H,2,4,10H2,1H3. The number of carbonyl (C=O) groups is 1. The van der Waals surface area contributed by atoms with Crippen molar-refractivity contribution in [2.45, 2.75) is 13.3 Å². The molecule has 0 saturated carbocycles. The first-order chi connectivity index (χ1) is 7.77. The van der Waals surface area contributed by atoms with E-state index in [1.54, 1.807) is 19.1 Å². The van der Waals surface area contributed by atoms with E-state index >= 15 is 0 Å². The molecule has 1 rings (SSSR count). The van der Waals surface area contributed by atoms with Crippen molar-refractivity contribution in [2.24, 2.45) is 0 Å². The Balaban J connectivity index is 2.69. The van der Waals surface area contributed by atoms with Crippen LogP contribution < -0.4 is 0 Å². The number of alkyl halides is 1. The summed E-state index contributed by atoms with van der Waals surface area (Å²) in [6.45, 7) is 2.18. The summed E-state index contributed by atoms with van der Waals surface area (Å²) in [5.74, 6) is 5.73. The molecule has 0 N–H and O–H groups in total. The predicted octanol–water partition coefficient (Wildman–Crippen LogP) is 3.00. The Morgan fingerprint density at radius 2 is 2.06 bits per heavy atom. The minimum absolute atomic E-state index is 0.289. The summed E-state index contributed by atoms with van der Waals surface area (Å²) in [5.41, 5.74) is 1.47. The number of benzene rings is 1. The largest absolute Gasteiger partial charge is 0.462 e. The first kappa shape index (κ1) is 12.8. The minimum atomic E-state index is -0.289. The van der Waals surface area contributed by atoms with Gasteiger partial charge < -0.3 is 4.74 Å². The molecule has 16 heavy (non-hydrogen) atoms. The van der Waals surface area contributed by atoms with Crippen LogP contribution in [0, 0.1) is 11.8 Å². The summed E-state index contributed by atoms with van der Waals surface area (Å²) >= 11 is 3.31. The predicted molar refractivity (Wildman–Crippen MR) is 67.7 cm³/mol. The van der Waals surface area contributed by atoms with Crippen molar-refractivity contribution in [3.63, 3.8) is 0 Å². The highest BCUT2D eigenvalue weighted by molar-refractivity contribution is 9.09. The molecule has 0 aromatic heterocycles. The Labute approximate surface area is 104 Å². The van der Waals surface area contributed by atoms with Gasteiger partial charge in [-0.3, -0.25) is 0 Å². The highest BCUT2D eigenvalue weighted by Gasteiger charge is 2.04. The van der Waals surface area contributed by atoms with Gasteiger partial charge in [0.05, 0.1) is 12.2 Å². The number of hydrogen-bond acceptors (Lipinski definition) is 2. The van der Waals surface area contributed by atoms with Gasteiger partial charge in [-0.25, -0.2) is 4.79 Å². The molecule has 0 aliphatic rings. The zero-order valence-corrected chi connectivity index (χ0v) is 10.7. The van der Waals surface area contributed by atoms with E-state index in [0.717, 1.165) is 17.3 Å². The maximum Gasteiger partial charge on any atom is 0.338 e. The molecule has 3 heteroatoms.